The Morgan fingerprint density at radius 2 is 1.86 bits per heavy atom. The first-order chi connectivity index (χ1) is 17.1. The van der Waals surface area contributed by atoms with Crippen molar-refractivity contribution in [1.82, 2.24) is 20.2 Å². The highest BCUT2D eigenvalue weighted by Gasteiger charge is 2.29. The molecule has 1 aliphatic heterocycles. The van der Waals surface area contributed by atoms with Crippen LogP contribution in [0.4, 0.5) is 11.8 Å². The fourth-order valence-electron chi connectivity index (χ4n) is 5.08. The first kappa shape index (κ1) is 25.6. The zero-order valence-electron chi connectivity index (χ0n) is 20.7. The molecule has 0 radical (unpaired) electrons. The van der Waals surface area contributed by atoms with Crippen molar-refractivity contribution in [3.05, 3.63) is 12.1 Å². The van der Waals surface area contributed by atoms with Crippen LogP contribution in [0.15, 0.2) is 12.1 Å². The quantitative estimate of drug-likeness (QED) is 0.315. The van der Waals surface area contributed by atoms with Gasteiger partial charge in [0.05, 0.1) is 19.7 Å². The van der Waals surface area contributed by atoms with E-state index in [1.165, 1.54) is 32.1 Å². The first-order valence-corrected chi connectivity index (χ1v) is 13.2. The Kier molecular flexibility index (Phi) is 9.09. The lowest BCUT2D eigenvalue weighted by Crippen LogP contribution is -2.36. The van der Waals surface area contributed by atoms with E-state index in [-0.39, 0.29) is 11.8 Å². The Morgan fingerprint density at radius 1 is 1.09 bits per heavy atom. The number of aromatic nitrogens is 2. The molecule has 2 aromatic rings. The van der Waals surface area contributed by atoms with Gasteiger partial charge in [0.2, 0.25) is 11.9 Å². The van der Waals surface area contributed by atoms with Gasteiger partial charge in [-0.2, -0.15) is 4.98 Å². The number of fused-ring (bicyclic) bond motifs is 1. The van der Waals surface area contributed by atoms with Crippen LogP contribution in [0.2, 0.25) is 0 Å². The maximum atomic E-state index is 11.3. The van der Waals surface area contributed by atoms with Gasteiger partial charge in [0.1, 0.15) is 11.7 Å². The normalized spacial score (nSPS) is 19.0. The van der Waals surface area contributed by atoms with Gasteiger partial charge in [-0.1, -0.05) is 19.3 Å². The number of ether oxygens (including phenoxy) is 2. The fraction of sp³-hybridized carbons (Fsp3) is 0.640. The second-order valence-electron chi connectivity index (χ2n) is 9.30. The molecule has 1 atom stereocenters. The SMILES string of the molecule is COc1cc2nc(NCCCNC(=O)CCl)nc(NC3CCN(C4CCCCC4)C3)c2cc1OC. The standard InChI is InChI=1S/C25H37ClN6O3/c1-34-21-13-19-20(14-22(21)35-2)30-25(28-11-6-10-27-23(33)15-26)31-24(19)29-17-9-12-32(16-17)18-7-4-3-5-8-18/h13-14,17-18H,3-12,15-16H2,1-2H3,(H,27,33)(H2,28,29,30,31). The van der Waals surface area contributed by atoms with E-state index in [9.17, 15) is 4.79 Å². The third-order valence-electron chi connectivity index (χ3n) is 6.93. The summed E-state index contributed by atoms with van der Waals surface area (Å²) >= 11 is 5.53. The second kappa shape index (κ2) is 12.4. The molecule has 1 saturated carbocycles. The number of likely N-dealkylation sites (tertiary alicyclic amines) is 1. The summed E-state index contributed by atoms with van der Waals surface area (Å²) in [6.45, 7) is 3.33. The minimum atomic E-state index is -0.167. The number of benzene rings is 1. The molecule has 1 aromatic carbocycles. The molecule has 1 aliphatic carbocycles. The number of hydrogen-bond donors (Lipinski definition) is 3. The van der Waals surface area contributed by atoms with Crippen molar-refractivity contribution in [1.29, 1.82) is 0 Å². The van der Waals surface area contributed by atoms with E-state index < -0.39 is 0 Å². The van der Waals surface area contributed by atoms with E-state index in [1.807, 2.05) is 12.1 Å². The van der Waals surface area contributed by atoms with E-state index in [0.29, 0.717) is 36.6 Å². The number of anilines is 2. The number of alkyl halides is 1. The predicted octanol–water partition coefficient (Wildman–Crippen LogP) is 3.62. The average molecular weight is 505 g/mol. The van der Waals surface area contributed by atoms with Crippen molar-refractivity contribution in [2.24, 2.45) is 0 Å². The summed E-state index contributed by atoms with van der Waals surface area (Å²) in [5, 5.41) is 10.7. The number of methoxy groups -OCH3 is 2. The molecule has 2 fully saturated rings. The summed E-state index contributed by atoms with van der Waals surface area (Å²) in [6.07, 6.45) is 8.54. The van der Waals surface area contributed by atoms with E-state index in [1.54, 1.807) is 14.2 Å². The molecule has 1 saturated heterocycles. The van der Waals surface area contributed by atoms with Gasteiger partial charge in [0, 0.05) is 49.7 Å². The first-order valence-electron chi connectivity index (χ1n) is 12.6. The monoisotopic (exact) mass is 504 g/mol. The molecule has 0 bridgehead atoms. The number of nitrogens with one attached hydrogen (secondary N) is 3. The Labute approximate surface area is 212 Å². The van der Waals surface area contributed by atoms with Crippen molar-refractivity contribution >= 4 is 40.2 Å². The van der Waals surface area contributed by atoms with Crippen LogP contribution >= 0.6 is 11.6 Å². The summed E-state index contributed by atoms with van der Waals surface area (Å²) in [6, 6.07) is 4.88. The zero-order chi connectivity index (χ0) is 24.6. The third-order valence-corrected chi connectivity index (χ3v) is 7.18. The van der Waals surface area contributed by atoms with Crippen LogP contribution in [0.1, 0.15) is 44.9 Å². The minimum absolute atomic E-state index is 0.0269. The zero-order valence-corrected chi connectivity index (χ0v) is 21.5. The van der Waals surface area contributed by atoms with Crippen LogP contribution in [0.3, 0.4) is 0 Å². The maximum absolute atomic E-state index is 11.3. The van der Waals surface area contributed by atoms with Crippen LogP contribution in [0, 0.1) is 0 Å². The average Bonchev–Trinajstić information content (AvgIpc) is 3.36. The molecule has 192 valence electrons. The topological polar surface area (TPSA) is 101 Å². The van der Waals surface area contributed by atoms with E-state index in [2.05, 4.69) is 20.9 Å². The van der Waals surface area contributed by atoms with Gasteiger partial charge >= 0.3 is 0 Å². The van der Waals surface area contributed by atoms with Crippen LogP contribution in [0.25, 0.3) is 10.9 Å². The summed E-state index contributed by atoms with van der Waals surface area (Å²) in [4.78, 5) is 23.5. The third kappa shape index (κ3) is 6.58. The fourth-order valence-corrected chi connectivity index (χ4v) is 5.18. The molecule has 2 heterocycles. The lowest BCUT2D eigenvalue weighted by atomic mass is 9.94. The number of amides is 1. The number of rotatable bonds is 11. The van der Waals surface area contributed by atoms with Gasteiger partial charge in [-0.05, 0) is 31.7 Å². The van der Waals surface area contributed by atoms with Crippen molar-refractivity contribution in [2.45, 2.75) is 57.0 Å². The molecule has 9 nitrogen and oxygen atoms in total. The smallest absolute Gasteiger partial charge is 0.234 e. The van der Waals surface area contributed by atoms with Crippen LogP contribution < -0.4 is 25.4 Å². The number of carbonyl (C=O) groups is 1. The van der Waals surface area contributed by atoms with Crippen molar-refractivity contribution < 1.29 is 14.3 Å². The predicted molar refractivity (Wildman–Crippen MR) is 140 cm³/mol. The Bertz CT molecular complexity index is 1000. The van der Waals surface area contributed by atoms with Gasteiger partial charge in [0.25, 0.3) is 0 Å². The summed E-state index contributed by atoms with van der Waals surface area (Å²) in [7, 11) is 3.26. The number of carbonyl (C=O) groups excluding carboxylic acids is 1. The van der Waals surface area contributed by atoms with Gasteiger partial charge in [-0.25, -0.2) is 4.98 Å². The molecular weight excluding hydrogens is 468 g/mol. The highest BCUT2D eigenvalue weighted by molar-refractivity contribution is 6.27. The van der Waals surface area contributed by atoms with E-state index in [0.717, 1.165) is 48.7 Å². The van der Waals surface area contributed by atoms with Crippen molar-refractivity contribution in [2.75, 3.05) is 56.9 Å². The molecule has 1 amide bonds. The highest BCUT2D eigenvalue weighted by Crippen LogP contribution is 2.35. The maximum Gasteiger partial charge on any atom is 0.234 e. The molecule has 2 aliphatic rings. The molecule has 4 rings (SSSR count). The van der Waals surface area contributed by atoms with Gasteiger partial charge in [-0.15, -0.1) is 11.6 Å². The Morgan fingerprint density at radius 3 is 2.60 bits per heavy atom. The van der Waals surface area contributed by atoms with Crippen LogP contribution in [-0.2, 0) is 4.79 Å². The summed E-state index contributed by atoms with van der Waals surface area (Å²) in [5.74, 6) is 2.42. The largest absolute Gasteiger partial charge is 0.493 e. The van der Waals surface area contributed by atoms with Gasteiger partial charge in [0.15, 0.2) is 11.5 Å². The summed E-state index contributed by atoms with van der Waals surface area (Å²) in [5.41, 5.74) is 0.778. The molecule has 1 unspecified atom stereocenters. The molecule has 3 N–H and O–H groups in total. The highest BCUT2D eigenvalue weighted by atomic mass is 35.5. The number of hydrogen-bond acceptors (Lipinski definition) is 8. The molecule has 1 aromatic heterocycles. The molecular formula is C25H37ClN6O3. The van der Waals surface area contributed by atoms with Gasteiger partial charge in [-0.3, -0.25) is 9.69 Å². The van der Waals surface area contributed by atoms with Crippen molar-refractivity contribution in [3.8, 4) is 11.5 Å². The van der Waals surface area contributed by atoms with Crippen LogP contribution in [0.5, 0.6) is 11.5 Å². The second-order valence-corrected chi connectivity index (χ2v) is 9.57. The van der Waals surface area contributed by atoms with Gasteiger partial charge < -0.3 is 25.4 Å². The number of nitrogens with zero attached hydrogens (tertiary/aromatic N) is 3. The van der Waals surface area contributed by atoms with E-state index in [4.69, 9.17) is 31.0 Å². The van der Waals surface area contributed by atoms with Crippen LogP contribution in [-0.4, -0.2) is 79.1 Å². The molecule has 0 spiro atoms. The summed E-state index contributed by atoms with van der Waals surface area (Å²) < 4.78 is 11.0. The van der Waals surface area contributed by atoms with E-state index >= 15 is 0 Å². The molecule has 35 heavy (non-hydrogen) atoms. The number of halogens is 1. The molecule has 10 heteroatoms. The minimum Gasteiger partial charge on any atom is -0.493 e. The Balaban J connectivity index is 1.50. The Hall–Kier alpha value is -2.52. The van der Waals surface area contributed by atoms with Crippen molar-refractivity contribution in [3.63, 3.8) is 0 Å². The lowest BCUT2D eigenvalue weighted by Gasteiger charge is -2.31. The lowest BCUT2D eigenvalue weighted by molar-refractivity contribution is -0.118.